The number of hydrogen-bond donors (Lipinski definition) is 2. The van der Waals surface area contributed by atoms with Crippen molar-refractivity contribution in [3.63, 3.8) is 0 Å². The second-order valence-electron chi connectivity index (χ2n) is 8.35. The maximum Gasteiger partial charge on any atom is 0.252 e. The third-order valence-electron chi connectivity index (χ3n) is 6.02. The van der Waals surface area contributed by atoms with Gasteiger partial charge in [0.1, 0.15) is 0 Å². The van der Waals surface area contributed by atoms with Crippen molar-refractivity contribution in [1.82, 2.24) is 14.6 Å². The molecule has 3 aromatic rings. The zero-order valence-corrected chi connectivity index (χ0v) is 19.9. The molecule has 1 amide bonds. The first kappa shape index (κ1) is 23.5. The van der Waals surface area contributed by atoms with E-state index in [1.54, 1.807) is 18.2 Å². The van der Waals surface area contributed by atoms with Crippen molar-refractivity contribution in [2.24, 2.45) is 0 Å². The number of halogens is 1. The second kappa shape index (κ2) is 9.67. The van der Waals surface area contributed by atoms with Crippen molar-refractivity contribution in [1.29, 1.82) is 0 Å². The van der Waals surface area contributed by atoms with Gasteiger partial charge in [-0.05, 0) is 62.1 Å². The molecule has 1 aliphatic heterocycles. The molecule has 0 spiro atoms. The van der Waals surface area contributed by atoms with Crippen LogP contribution in [-0.2, 0) is 16.4 Å². The summed E-state index contributed by atoms with van der Waals surface area (Å²) in [4.78, 5) is 27.9. The smallest absolute Gasteiger partial charge is 0.252 e. The van der Waals surface area contributed by atoms with E-state index in [0.717, 1.165) is 24.8 Å². The molecule has 33 heavy (non-hydrogen) atoms. The number of carbonyl (C=O) groups is 1. The van der Waals surface area contributed by atoms with E-state index in [0.29, 0.717) is 35.4 Å². The normalized spacial score (nSPS) is 17.2. The number of benzene rings is 2. The molecule has 174 valence electrons. The van der Waals surface area contributed by atoms with Gasteiger partial charge in [0.25, 0.3) is 5.91 Å². The largest absolute Gasteiger partial charge is 0.352 e. The van der Waals surface area contributed by atoms with Crippen molar-refractivity contribution in [2.75, 3.05) is 13.1 Å². The Balaban J connectivity index is 1.61. The molecule has 0 radical (unpaired) electrons. The number of aromatic nitrogens is 1. The van der Waals surface area contributed by atoms with Crippen LogP contribution >= 0.6 is 11.6 Å². The summed E-state index contributed by atoms with van der Waals surface area (Å²) in [6.07, 6.45) is 3.25. The average Bonchev–Trinajstić information content (AvgIpc) is 2.79. The maximum atomic E-state index is 13.3. The van der Waals surface area contributed by atoms with Gasteiger partial charge < -0.3 is 10.3 Å². The first-order chi connectivity index (χ1) is 15.8. The molecule has 1 atom stereocenters. The molecule has 2 heterocycles. The minimum absolute atomic E-state index is 0.0781. The predicted octanol–water partition coefficient (Wildman–Crippen LogP) is 3.72. The van der Waals surface area contributed by atoms with Gasteiger partial charge in [-0.3, -0.25) is 9.59 Å². The first-order valence-electron chi connectivity index (χ1n) is 11.0. The molecule has 1 aliphatic rings. The molecule has 7 nitrogen and oxygen atoms in total. The second-order valence-corrected chi connectivity index (χ2v) is 10.7. The Labute approximate surface area is 197 Å². The van der Waals surface area contributed by atoms with Crippen LogP contribution in [0.25, 0.3) is 10.9 Å². The first-order valence-corrected chi connectivity index (χ1v) is 12.8. The summed E-state index contributed by atoms with van der Waals surface area (Å²) in [7, 11) is -3.71. The van der Waals surface area contributed by atoms with Gasteiger partial charge in [0, 0.05) is 41.1 Å². The standard InChI is InChI=1S/C24H26ClN3O4S/c1-16-4-2-3-13-28(16)33(31,32)19-9-10-22-20(14-19)21(15-23(29)27-22)24(30)26-12-11-17-5-7-18(25)8-6-17/h5-10,14-16H,2-4,11-13H2,1H3,(H,26,30)(H,27,29)/t16-/m1/s1. The maximum absolute atomic E-state index is 13.3. The molecule has 0 aliphatic carbocycles. The van der Waals surface area contributed by atoms with Crippen LogP contribution in [0, 0.1) is 0 Å². The van der Waals surface area contributed by atoms with Crippen molar-refractivity contribution in [3.8, 4) is 0 Å². The van der Waals surface area contributed by atoms with E-state index in [-0.39, 0.29) is 16.5 Å². The van der Waals surface area contributed by atoms with Crippen LogP contribution < -0.4 is 10.9 Å². The number of carbonyl (C=O) groups excluding carboxylic acids is 1. The molecule has 0 unspecified atom stereocenters. The fourth-order valence-electron chi connectivity index (χ4n) is 4.21. The molecule has 0 saturated carbocycles. The summed E-state index contributed by atoms with van der Waals surface area (Å²) in [5, 5.41) is 3.86. The minimum atomic E-state index is -3.71. The zero-order valence-electron chi connectivity index (χ0n) is 18.3. The Morgan fingerprint density at radius 2 is 1.91 bits per heavy atom. The van der Waals surface area contributed by atoms with Gasteiger partial charge in [-0.2, -0.15) is 4.31 Å². The molecule has 1 fully saturated rings. The minimum Gasteiger partial charge on any atom is -0.352 e. The van der Waals surface area contributed by atoms with Crippen LogP contribution in [0.3, 0.4) is 0 Å². The summed E-state index contributed by atoms with van der Waals surface area (Å²) in [6, 6.07) is 13.0. The Morgan fingerprint density at radius 3 is 2.64 bits per heavy atom. The highest BCUT2D eigenvalue weighted by molar-refractivity contribution is 7.89. The third-order valence-corrected chi connectivity index (χ3v) is 8.28. The molecule has 0 bridgehead atoms. The van der Waals surface area contributed by atoms with Crippen LogP contribution in [0.15, 0.2) is 58.2 Å². The molecule has 9 heteroatoms. The number of piperidine rings is 1. The lowest BCUT2D eigenvalue weighted by Crippen LogP contribution is -2.41. The number of pyridine rings is 1. The predicted molar refractivity (Wildman–Crippen MR) is 129 cm³/mol. The van der Waals surface area contributed by atoms with E-state index >= 15 is 0 Å². The highest BCUT2D eigenvalue weighted by atomic mass is 35.5. The third kappa shape index (κ3) is 5.13. The number of nitrogens with zero attached hydrogens (tertiary/aromatic N) is 1. The van der Waals surface area contributed by atoms with Gasteiger partial charge in [-0.1, -0.05) is 30.2 Å². The fraction of sp³-hybridized carbons (Fsp3) is 0.333. The lowest BCUT2D eigenvalue weighted by Gasteiger charge is -2.32. The van der Waals surface area contributed by atoms with E-state index in [2.05, 4.69) is 10.3 Å². The molecular weight excluding hydrogens is 462 g/mol. The summed E-state index contributed by atoms with van der Waals surface area (Å²) in [5.74, 6) is -0.430. The van der Waals surface area contributed by atoms with E-state index in [9.17, 15) is 18.0 Å². The number of fused-ring (bicyclic) bond motifs is 1. The van der Waals surface area contributed by atoms with E-state index in [1.165, 1.54) is 22.5 Å². The van der Waals surface area contributed by atoms with Gasteiger partial charge in [0.05, 0.1) is 10.5 Å². The number of amides is 1. The Kier molecular flexibility index (Phi) is 6.88. The van der Waals surface area contributed by atoms with Crippen LogP contribution in [0.4, 0.5) is 0 Å². The fourth-order valence-corrected chi connectivity index (χ4v) is 6.06. The van der Waals surface area contributed by atoms with Crippen LogP contribution in [-0.4, -0.2) is 42.7 Å². The molecule has 2 N–H and O–H groups in total. The van der Waals surface area contributed by atoms with Crippen LogP contribution in [0.2, 0.25) is 5.02 Å². The van der Waals surface area contributed by atoms with Crippen molar-refractivity contribution < 1.29 is 13.2 Å². The monoisotopic (exact) mass is 487 g/mol. The van der Waals surface area contributed by atoms with Gasteiger partial charge in [-0.15, -0.1) is 0 Å². The van der Waals surface area contributed by atoms with E-state index in [1.807, 2.05) is 19.1 Å². The zero-order chi connectivity index (χ0) is 23.6. The number of hydrogen-bond acceptors (Lipinski definition) is 4. The highest BCUT2D eigenvalue weighted by Gasteiger charge is 2.31. The number of sulfonamides is 1. The Morgan fingerprint density at radius 1 is 1.15 bits per heavy atom. The highest BCUT2D eigenvalue weighted by Crippen LogP contribution is 2.27. The van der Waals surface area contributed by atoms with Crippen LogP contribution in [0.1, 0.15) is 42.1 Å². The summed E-state index contributed by atoms with van der Waals surface area (Å²) >= 11 is 5.90. The summed E-state index contributed by atoms with van der Waals surface area (Å²) < 4.78 is 28.1. The van der Waals surface area contributed by atoms with Crippen molar-refractivity contribution in [3.05, 3.63) is 75.0 Å². The molecule has 4 rings (SSSR count). The Hall–Kier alpha value is -2.68. The summed E-state index contributed by atoms with van der Waals surface area (Å²) in [6.45, 7) is 2.75. The van der Waals surface area contributed by atoms with Gasteiger partial charge in [-0.25, -0.2) is 8.42 Å². The lowest BCUT2D eigenvalue weighted by molar-refractivity contribution is 0.0955. The number of rotatable bonds is 6. The van der Waals surface area contributed by atoms with Gasteiger partial charge in [0.15, 0.2) is 0 Å². The summed E-state index contributed by atoms with van der Waals surface area (Å²) in [5.41, 5.74) is 1.15. The Bertz CT molecular complexity index is 1340. The number of H-pyrrole nitrogens is 1. The average molecular weight is 488 g/mol. The SMILES string of the molecule is C[C@@H]1CCCCN1S(=O)(=O)c1ccc2[nH]c(=O)cc(C(=O)NCCc3ccc(Cl)cc3)c2c1. The van der Waals surface area contributed by atoms with E-state index in [4.69, 9.17) is 11.6 Å². The topological polar surface area (TPSA) is 99.3 Å². The van der Waals surface area contributed by atoms with E-state index < -0.39 is 21.5 Å². The lowest BCUT2D eigenvalue weighted by atomic mass is 10.1. The number of aromatic amines is 1. The van der Waals surface area contributed by atoms with Crippen molar-refractivity contribution in [2.45, 2.75) is 43.5 Å². The molecule has 2 aromatic carbocycles. The quantitative estimate of drug-likeness (QED) is 0.553. The molecule has 1 saturated heterocycles. The molecular formula is C24H26ClN3O4S. The van der Waals surface area contributed by atoms with Crippen molar-refractivity contribution >= 4 is 38.4 Å². The van der Waals surface area contributed by atoms with Crippen LogP contribution in [0.5, 0.6) is 0 Å². The number of nitrogens with one attached hydrogen (secondary N) is 2. The van der Waals surface area contributed by atoms with Gasteiger partial charge >= 0.3 is 0 Å². The van der Waals surface area contributed by atoms with Gasteiger partial charge in [0.2, 0.25) is 15.6 Å². The molecule has 1 aromatic heterocycles.